The molecule has 0 aliphatic rings. The highest BCUT2D eigenvalue weighted by Gasteiger charge is 2.17. The van der Waals surface area contributed by atoms with E-state index in [0.29, 0.717) is 45.9 Å². The van der Waals surface area contributed by atoms with Crippen molar-refractivity contribution in [3.05, 3.63) is 45.9 Å². The first-order chi connectivity index (χ1) is 13.8. The number of methoxy groups -OCH3 is 3. The SMILES string of the molecule is COc1cc(NC(=O)CCN(C)C(C)c2ccc(Cl)cc2Cl)cc(OC)c1OC. The number of ether oxygens (including phenoxy) is 3. The molecule has 0 saturated heterocycles. The van der Waals surface area contributed by atoms with Crippen LogP contribution >= 0.6 is 23.2 Å². The summed E-state index contributed by atoms with van der Waals surface area (Å²) < 4.78 is 15.9. The molecule has 0 aromatic heterocycles. The molecule has 0 heterocycles. The van der Waals surface area contributed by atoms with Crippen molar-refractivity contribution in [2.24, 2.45) is 0 Å². The predicted molar refractivity (Wildman–Crippen MR) is 117 cm³/mol. The molecule has 2 aromatic carbocycles. The predicted octanol–water partition coefficient (Wildman–Crippen LogP) is 5.04. The van der Waals surface area contributed by atoms with Crippen LogP contribution in [-0.2, 0) is 4.79 Å². The van der Waals surface area contributed by atoms with Crippen LogP contribution in [0, 0.1) is 0 Å². The molecule has 1 atom stereocenters. The van der Waals surface area contributed by atoms with Crippen LogP contribution in [-0.4, -0.2) is 45.7 Å². The van der Waals surface area contributed by atoms with Gasteiger partial charge in [0.15, 0.2) is 11.5 Å². The zero-order chi connectivity index (χ0) is 21.6. The van der Waals surface area contributed by atoms with Crippen molar-refractivity contribution >= 4 is 34.8 Å². The van der Waals surface area contributed by atoms with Gasteiger partial charge in [-0.2, -0.15) is 0 Å². The maximum Gasteiger partial charge on any atom is 0.225 e. The lowest BCUT2D eigenvalue weighted by Gasteiger charge is -2.25. The number of carbonyl (C=O) groups is 1. The standard InChI is InChI=1S/C21H26Cl2N2O4/c1-13(16-7-6-14(22)10-17(16)23)25(2)9-8-20(26)24-15-11-18(27-3)21(29-5)19(12-15)28-4/h6-7,10-13H,8-9H2,1-5H3,(H,24,26). The number of carbonyl (C=O) groups excluding carboxylic acids is 1. The summed E-state index contributed by atoms with van der Waals surface area (Å²) in [6.45, 7) is 2.59. The number of benzene rings is 2. The minimum atomic E-state index is -0.125. The van der Waals surface area contributed by atoms with Gasteiger partial charge in [0.2, 0.25) is 11.7 Å². The van der Waals surface area contributed by atoms with Gasteiger partial charge in [0.25, 0.3) is 0 Å². The lowest BCUT2D eigenvalue weighted by atomic mass is 10.1. The second-order valence-corrected chi connectivity index (χ2v) is 7.38. The van der Waals surface area contributed by atoms with Crippen LogP contribution in [0.1, 0.15) is 24.9 Å². The normalized spacial score (nSPS) is 11.9. The van der Waals surface area contributed by atoms with Gasteiger partial charge >= 0.3 is 0 Å². The second-order valence-electron chi connectivity index (χ2n) is 6.53. The van der Waals surface area contributed by atoms with E-state index < -0.39 is 0 Å². The fraction of sp³-hybridized carbons (Fsp3) is 0.381. The van der Waals surface area contributed by atoms with Crippen LogP contribution in [0.3, 0.4) is 0 Å². The third kappa shape index (κ3) is 5.92. The van der Waals surface area contributed by atoms with Gasteiger partial charge in [0.05, 0.1) is 21.3 Å². The highest BCUT2D eigenvalue weighted by Crippen LogP contribution is 2.40. The summed E-state index contributed by atoms with van der Waals surface area (Å²) in [4.78, 5) is 14.5. The molecular weight excluding hydrogens is 415 g/mol. The Balaban J connectivity index is 2.00. The highest BCUT2D eigenvalue weighted by molar-refractivity contribution is 6.35. The molecule has 1 N–H and O–H groups in total. The Hall–Kier alpha value is -2.15. The third-order valence-electron chi connectivity index (χ3n) is 4.71. The molecular formula is C21H26Cl2N2O4. The number of hydrogen-bond acceptors (Lipinski definition) is 5. The van der Waals surface area contributed by atoms with Crippen molar-refractivity contribution < 1.29 is 19.0 Å². The number of halogens is 2. The quantitative estimate of drug-likeness (QED) is 0.591. The molecule has 0 fully saturated rings. The molecule has 1 amide bonds. The number of hydrogen-bond donors (Lipinski definition) is 1. The lowest BCUT2D eigenvalue weighted by Crippen LogP contribution is -2.27. The maximum atomic E-state index is 12.4. The van der Waals surface area contributed by atoms with Crippen LogP contribution < -0.4 is 19.5 Å². The maximum absolute atomic E-state index is 12.4. The number of nitrogens with one attached hydrogen (secondary N) is 1. The van der Waals surface area contributed by atoms with Crippen molar-refractivity contribution in [2.45, 2.75) is 19.4 Å². The summed E-state index contributed by atoms with van der Waals surface area (Å²) in [6.07, 6.45) is 0.308. The van der Waals surface area contributed by atoms with Gasteiger partial charge in [-0.25, -0.2) is 0 Å². The average Bonchev–Trinajstić information content (AvgIpc) is 2.70. The molecule has 158 valence electrons. The van der Waals surface area contributed by atoms with Gasteiger partial charge in [-0.15, -0.1) is 0 Å². The monoisotopic (exact) mass is 440 g/mol. The molecule has 29 heavy (non-hydrogen) atoms. The molecule has 0 aliphatic heterocycles. The zero-order valence-electron chi connectivity index (χ0n) is 17.2. The molecule has 8 heteroatoms. The fourth-order valence-electron chi connectivity index (χ4n) is 2.93. The molecule has 2 aromatic rings. The van der Waals surface area contributed by atoms with Gasteiger partial charge < -0.3 is 19.5 Å². The van der Waals surface area contributed by atoms with Gasteiger partial charge in [-0.05, 0) is 31.7 Å². The number of anilines is 1. The molecule has 0 spiro atoms. The van der Waals surface area contributed by atoms with Crippen molar-refractivity contribution in [3.63, 3.8) is 0 Å². The Kier molecular flexibility index (Phi) is 8.44. The average molecular weight is 441 g/mol. The van der Waals surface area contributed by atoms with E-state index in [2.05, 4.69) is 10.2 Å². The van der Waals surface area contributed by atoms with Crippen molar-refractivity contribution in [3.8, 4) is 17.2 Å². The fourth-order valence-corrected chi connectivity index (χ4v) is 3.49. The Morgan fingerprint density at radius 1 is 1.07 bits per heavy atom. The van der Waals surface area contributed by atoms with E-state index in [1.807, 2.05) is 26.1 Å². The molecule has 1 unspecified atom stereocenters. The molecule has 6 nitrogen and oxygen atoms in total. The Labute approximate surface area is 181 Å². The van der Waals surface area contributed by atoms with Crippen molar-refractivity contribution in [1.82, 2.24) is 4.90 Å². The van der Waals surface area contributed by atoms with E-state index in [-0.39, 0.29) is 11.9 Å². The molecule has 0 radical (unpaired) electrons. The van der Waals surface area contributed by atoms with E-state index in [4.69, 9.17) is 37.4 Å². The summed E-state index contributed by atoms with van der Waals surface area (Å²) in [5.74, 6) is 1.30. The summed E-state index contributed by atoms with van der Waals surface area (Å²) in [5.41, 5.74) is 1.53. The topological polar surface area (TPSA) is 60.0 Å². The molecule has 2 rings (SSSR count). The van der Waals surface area contributed by atoms with E-state index in [1.54, 1.807) is 18.2 Å². The van der Waals surface area contributed by atoms with Crippen molar-refractivity contribution in [2.75, 3.05) is 40.2 Å². The molecule has 0 saturated carbocycles. The van der Waals surface area contributed by atoms with Gasteiger partial charge in [-0.3, -0.25) is 9.69 Å². The van der Waals surface area contributed by atoms with Gasteiger partial charge in [0.1, 0.15) is 0 Å². The molecule has 0 aliphatic carbocycles. The number of nitrogens with zero attached hydrogens (tertiary/aromatic N) is 1. The summed E-state index contributed by atoms with van der Waals surface area (Å²) >= 11 is 12.3. The van der Waals surface area contributed by atoms with Crippen molar-refractivity contribution in [1.29, 1.82) is 0 Å². The van der Waals surface area contributed by atoms with Gasteiger partial charge in [-0.1, -0.05) is 29.3 Å². The second kappa shape index (κ2) is 10.6. The largest absolute Gasteiger partial charge is 0.493 e. The Morgan fingerprint density at radius 3 is 2.21 bits per heavy atom. The third-order valence-corrected chi connectivity index (χ3v) is 5.28. The lowest BCUT2D eigenvalue weighted by molar-refractivity contribution is -0.116. The number of amides is 1. The van der Waals surface area contributed by atoms with E-state index in [1.165, 1.54) is 21.3 Å². The van der Waals surface area contributed by atoms with Crippen LogP contribution in [0.4, 0.5) is 5.69 Å². The minimum absolute atomic E-state index is 0.0359. The number of rotatable bonds is 9. The first-order valence-corrected chi connectivity index (χ1v) is 9.81. The minimum Gasteiger partial charge on any atom is -0.493 e. The Bertz CT molecular complexity index is 836. The summed E-state index contributed by atoms with van der Waals surface area (Å²) in [7, 11) is 6.53. The first-order valence-electron chi connectivity index (χ1n) is 9.05. The Morgan fingerprint density at radius 2 is 1.69 bits per heavy atom. The van der Waals surface area contributed by atoms with E-state index in [9.17, 15) is 4.79 Å². The smallest absolute Gasteiger partial charge is 0.225 e. The summed E-state index contributed by atoms with van der Waals surface area (Å²) in [6, 6.07) is 8.86. The summed E-state index contributed by atoms with van der Waals surface area (Å²) in [5, 5.41) is 4.08. The van der Waals surface area contributed by atoms with Crippen LogP contribution in [0.5, 0.6) is 17.2 Å². The van der Waals surface area contributed by atoms with Gasteiger partial charge in [0, 0.05) is 46.9 Å². The first kappa shape index (κ1) is 23.1. The van der Waals surface area contributed by atoms with E-state index in [0.717, 1.165) is 5.56 Å². The molecule has 0 bridgehead atoms. The van der Waals surface area contributed by atoms with Crippen LogP contribution in [0.25, 0.3) is 0 Å². The van der Waals surface area contributed by atoms with Crippen LogP contribution in [0.15, 0.2) is 30.3 Å². The zero-order valence-corrected chi connectivity index (χ0v) is 18.7. The van der Waals surface area contributed by atoms with E-state index >= 15 is 0 Å². The van der Waals surface area contributed by atoms with Crippen LogP contribution in [0.2, 0.25) is 10.0 Å². The highest BCUT2D eigenvalue weighted by atomic mass is 35.5.